The molecule has 0 saturated carbocycles. The van der Waals surface area contributed by atoms with Crippen molar-refractivity contribution in [2.24, 2.45) is 11.8 Å². The zero-order valence-electron chi connectivity index (χ0n) is 11.7. The predicted molar refractivity (Wildman–Crippen MR) is 71.7 cm³/mol. The Balaban J connectivity index is 4.89. The summed E-state index contributed by atoms with van der Waals surface area (Å²) in [7, 11) is 0. The molecule has 0 aliphatic carbocycles. The van der Waals surface area contributed by atoms with Gasteiger partial charge in [0.05, 0.1) is 11.1 Å². The minimum atomic E-state index is -0.422. The van der Waals surface area contributed by atoms with E-state index >= 15 is 0 Å². The van der Waals surface area contributed by atoms with E-state index in [-0.39, 0.29) is 35.1 Å². The summed E-state index contributed by atoms with van der Waals surface area (Å²) < 4.78 is 0. The molecule has 0 bridgehead atoms. The summed E-state index contributed by atoms with van der Waals surface area (Å²) in [5.74, 6) is -1.17. The Hall–Kier alpha value is -2.20. The normalized spacial score (nSPS) is 13.6. The second kappa shape index (κ2) is 8.00. The fourth-order valence-electron chi connectivity index (χ4n) is 1.44. The fraction of sp³-hybridized carbons (Fsp3) is 0.467. The molecule has 0 rings (SSSR count). The van der Waals surface area contributed by atoms with E-state index in [4.69, 9.17) is 10.5 Å². The number of allylic oxidation sites excluding steroid dienone is 4. The number of ketones is 2. The maximum Gasteiger partial charge on any atom is 0.176 e. The molecule has 0 radical (unpaired) electrons. The van der Waals surface area contributed by atoms with Crippen LogP contribution in [0.3, 0.4) is 0 Å². The molecule has 0 aliphatic rings. The van der Waals surface area contributed by atoms with Crippen LogP contribution in [0.25, 0.3) is 0 Å². The van der Waals surface area contributed by atoms with Gasteiger partial charge in [-0.2, -0.15) is 10.5 Å². The van der Waals surface area contributed by atoms with Gasteiger partial charge in [-0.1, -0.05) is 32.9 Å². The Kier molecular flexibility index (Phi) is 7.07. The summed E-state index contributed by atoms with van der Waals surface area (Å²) in [6.07, 6.45) is 3.22. The van der Waals surface area contributed by atoms with E-state index in [0.29, 0.717) is 0 Å². The topological polar surface area (TPSA) is 81.7 Å². The maximum absolute atomic E-state index is 11.8. The van der Waals surface area contributed by atoms with Gasteiger partial charge < -0.3 is 0 Å². The SMILES string of the molecule is C/C=C(\C#N)C(=O)C(C)C/C=C(\C#N)C(=O)C(C)C. The van der Waals surface area contributed by atoms with Gasteiger partial charge in [0.1, 0.15) is 12.1 Å². The van der Waals surface area contributed by atoms with Crippen LogP contribution >= 0.6 is 0 Å². The monoisotopic (exact) mass is 258 g/mol. The second-order valence-electron chi connectivity index (χ2n) is 4.56. The molecule has 0 saturated heterocycles. The number of rotatable bonds is 6. The van der Waals surface area contributed by atoms with Crippen LogP contribution in [0.1, 0.15) is 34.1 Å². The molecule has 0 aliphatic heterocycles. The first-order chi connectivity index (χ1) is 8.88. The Morgan fingerprint density at radius 1 is 1.05 bits per heavy atom. The molecule has 1 atom stereocenters. The molecule has 0 amide bonds. The van der Waals surface area contributed by atoms with Crippen molar-refractivity contribution in [1.82, 2.24) is 0 Å². The Morgan fingerprint density at radius 3 is 1.95 bits per heavy atom. The highest BCUT2D eigenvalue weighted by molar-refractivity contribution is 6.01. The minimum absolute atomic E-state index is 0.0774. The molecule has 0 spiro atoms. The third kappa shape index (κ3) is 4.89. The van der Waals surface area contributed by atoms with E-state index in [2.05, 4.69) is 0 Å². The predicted octanol–water partition coefficient (Wildman–Crippen LogP) is 2.73. The Morgan fingerprint density at radius 2 is 1.58 bits per heavy atom. The van der Waals surface area contributed by atoms with Crippen LogP contribution in [-0.2, 0) is 9.59 Å². The number of nitrogens with zero attached hydrogens (tertiary/aromatic N) is 2. The first-order valence-electron chi connectivity index (χ1n) is 6.14. The van der Waals surface area contributed by atoms with Crippen LogP contribution in [0, 0.1) is 34.5 Å². The smallest absolute Gasteiger partial charge is 0.176 e. The quantitative estimate of drug-likeness (QED) is 0.541. The zero-order valence-corrected chi connectivity index (χ0v) is 11.7. The van der Waals surface area contributed by atoms with E-state index in [1.54, 1.807) is 27.7 Å². The van der Waals surface area contributed by atoms with Gasteiger partial charge in [0.15, 0.2) is 11.6 Å². The summed E-state index contributed by atoms with van der Waals surface area (Å²) in [6.45, 7) is 6.74. The molecule has 0 heterocycles. The largest absolute Gasteiger partial charge is 0.293 e. The Bertz CT molecular complexity index is 499. The minimum Gasteiger partial charge on any atom is -0.293 e. The molecule has 19 heavy (non-hydrogen) atoms. The first-order valence-corrected chi connectivity index (χ1v) is 6.14. The summed E-state index contributed by atoms with van der Waals surface area (Å²) in [5, 5.41) is 17.7. The number of Topliss-reactive ketones (excluding diaryl/α,β-unsaturated/α-hetero) is 2. The number of hydrogen-bond acceptors (Lipinski definition) is 4. The van der Waals surface area contributed by atoms with Crippen molar-refractivity contribution in [3.8, 4) is 12.1 Å². The molecule has 4 heteroatoms. The fourth-order valence-corrected chi connectivity index (χ4v) is 1.44. The van der Waals surface area contributed by atoms with Crippen LogP contribution in [-0.4, -0.2) is 11.6 Å². The molecular weight excluding hydrogens is 240 g/mol. The molecule has 4 nitrogen and oxygen atoms in total. The Labute approximate surface area is 114 Å². The van der Waals surface area contributed by atoms with Crippen LogP contribution in [0.5, 0.6) is 0 Å². The average Bonchev–Trinajstić information content (AvgIpc) is 2.39. The second-order valence-corrected chi connectivity index (χ2v) is 4.56. The molecule has 100 valence electrons. The van der Waals surface area contributed by atoms with E-state index in [0.717, 1.165) is 0 Å². The van der Waals surface area contributed by atoms with E-state index in [1.165, 1.54) is 12.2 Å². The summed E-state index contributed by atoms with van der Waals surface area (Å²) in [6, 6.07) is 3.69. The van der Waals surface area contributed by atoms with Crippen LogP contribution in [0.4, 0.5) is 0 Å². The van der Waals surface area contributed by atoms with Crippen molar-refractivity contribution in [3.05, 3.63) is 23.3 Å². The standard InChI is InChI=1S/C15H18N2O2/c1-5-12(8-16)15(19)11(4)6-7-13(9-17)14(18)10(2)3/h5,7,10-11H,6H2,1-4H3/b12-5+,13-7+. The van der Waals surface area contributed by atoms with Crippen molar-refractivity contribution < 1.29 is 9.59 Å². The third-order valence-corrected chi connectivity index (χ3v) is 2.71. The summed E-state index contributed by atoms with van der Waals surface area (Å²) >= 11 is 0. The van der Waals surface area contributed by atoms with Gasteiger partial charge in [0.2, 0.25) is 0 Å². The van der Waals surface area contributed by atoms with Gasteiger partial charge in [-0.3, -0.25) is 9.59 Å². The lowest BCUT2D eigenvalue weighted by molar-refractivity contribution is -0.119. The summed E-state index contributed by atoms with van der Waals surface area (Å²) in [4.78, 5) is 23.5. The highest BCUT2D eigenvalue weighted by Crippen LogP contribution is 2.14. The zero-order chi connectivity index (χ0) is 15.0. The number of hydrogen-bond donors (Lipinski definition) is 0. The third-order valence-electron chi connectivity index (χ3n) is 2.71. The van der Waals surface area contributed by atoms with Crippen molar-refractivity contribution in [2.75, 3.05) is 0 Å². The van der Waals surface area contributed by atoms with Crippen LogP contribution in [0.2, 0.25) is 0 Å². The van der Waals surface area contributed by atoms with Gasteiger partial charge in [-0.25, -0.2) is 0 Å². The highest BCUT2D eigenvalue weighted by Gasteiger charge is 2.18. The molecule has 0 fully saturated rings. The van der Waals surface area contributed by atoms with Crippen molar-refractivity contribution >= 4 is 11.6 Å². The maximum atomic E-state index is 11.8. The van der Waals surface area contributed by atoms with Crippen molar-refractivity contribution in [1.29, 1.82) is 10.5 Å². The van der Waals surface area contributed by atoms with Gasteiger partial charge in [0.25, 0.3) is 0 Å². The van der Waals surface area contributed by atoms with Gasteiger partial charge in [-0.05, 0) is 13.3 Å². The molecule has 0 aromatic rings. The van der Waals surface area contributed by atoms with Crippen LogP contribution < -0.4 is 0 Å². The van der Waals surface area contributed by atoms with E-state index in [9.17, 15) is 9.59 Å². The number of nitriles is 2. The lowest BCUT2D eigenvalue weighted by Gasteiger charge is -2.07. The van der Waals surface area contributed by atoms with Crippen LogP contribution in [0.15, 0.2) is 23.3 Å². The van der Waals surface area contributed by atoms with Crippen molar-refractivity contribution in [2.45, 2.75) is 34.1 Å². The molecule has 0 aromatic carbocycles. The molecular formula is C15H18N2O2. The van der Waals surface area contributed by atoms with Gasteiger partial charge >= 0.3 is 0 Å². The van der Waals surface area contributed by atoms with Gasteiger partial charge in [0, 0.05) is 11.8 Å². The molecule has 1 unspecified atom stereocenters. The number of carbonyl (C=O) groups excluding carboxylic acids is 2. The lowest BCUT2D eigenvalue weighted by atomic mass is 9.94. The first kappa shape index (κ1) is 16.8. The molecule has 0 N–H and O–H groups in total. The average molecular weight is 258 g/mol. The highest BCUT2D eigenvalue weighted by atomic mass is 16.1. The van der Waals surface area contributed by atoms with E-state index in [1.807, 2.05) is 12.1 Å². The summed E-state index contributed by atoms with van der Waals surface area (Å²) in [5.41, 5.74) is 0.184. The van der Waals surface area contributed by atoms with E-state index < -0.39 is 5.92 Å². The van der Waals surface area contributed by atoms with Gasteiger partial charge in [-0.15, -0.1) is 0 Å². The number of carbonyl (C=O) groups is 2. The molecule has 0 aromatic heterocycles. The van der Waals surface area contributed by atoms with Crippen molar-refractivity contribution in [3.63, 3.8) is 0 Å². The lowest BCUT2D eigenvalue weighted by Crippen LogP contribution is -2.13.